The second kappa shape index (κ2) is 15.9. The van der Waals surface area contributed by atoms with Gasteiger partial charge in [-0.3, -0.25) is 0 Å². The number of nitrogens with zero attached hydrogens (tertiary/aromatic N) is 1. The summed E-state index contributed by atoms with van der Waals surface area (Å²) in [5, 5.41) is 4.70. The summed E-state index contributed by atoms with van der Waals surface area (Å²) in [5.74, 6) is 0. The third-order valence-corrected chi connectivity index (χ3v) is 16.1. The monoisotopic (exact) mass is 921 g/mol. The van der Waals surface area contributed by atoms with Crippen molar-refractivity contribution in [2.24, 2.45) is 0 Å². The lowest BCUT2D eigenvalue weighted by Gasteiger charge is -2.29. The lowest BCUT2D eigenvalue weighted by atomic mass is 9.81. The van der Waals surface area contributed by atoms with Crippen LogP contribution in [0.3, 0.4) is 0 Å². The number of benzene rings is 11. The summed E-state index contributed by atoms with van der Waals surface area (Å²) >= 11 is 0. The molecule has 12 aromatic rings. The van der Waals surface area contributed by atoms with Gasteiger partial charge in [-0.2, -0.15) is 0 Å². The van der Waals surface area contributed by atoms with Crippen LogP contribution in [0.2, 0.25) is 0 Å². The van der Waals surface area contributed by atoms with Crippen LogP contribution in [0.1, 0.15) is 49.9 Å². The van der Waals surface area contributed by atoms with Crippen LogP contribution >= 0.6 is 0 Å². The number of hydrogen-bond acceptors (Lipinski definition) is 2. The predicted octanol–water partition coefficient (Wildman–Crippen LogP) is 19.5. The Morgan fingerprint density at radius 1 is 0.292 bits per heavy atom. The van der Waals surface area contributed by atoms with Crippen LogP contribution in [0, 0.1) is 0 Å². The molecule has 2 aliphatic carbocycles. The molecule has 1 aromatic heterocycles. The van der Waals surface area contributed by atoms with E-state index in [1.54, 1.807) is 0 Å². The Kier molecular flexibility index (Phi) is 9.32. The Hall–Kier alpha value is -8.72. The molecule has 0 aliphatic heterocycles. The molecule has 0 N–H and O–H groups in total. The predicted molar refractivity (Wildman–Crippen MR) is 303 cm³/mol. The standard InChI is InChI=1S/C70H51NO/c1-69(2)62-26-13-12-24-57(62)60-41-51(33-36-63(60)69)71(52-32-35-59-65(42-52)70(3,4)64-27-15-25-56(68(59)64)49-29-28-45-18-8-9-19-46(45)39-49)53-31-34-58-61-40-50(30-37-66(61)72-67(58)43-53)55-23-11-10-22-54(55)48-21-14-20-47(38-48)44-16-6-5-7-17-44/h5-43H,1-4H3. The highest BCUT2D eigenvalue weighted by atomic mass is 16.3. The highest BCUT2D eigenvalue weighted by Gasteiger charge is 2.39. The lowest BCUT2D eigenvalue weighted by Crippen LogP contribution is -2.17. The van der Waals surface area contributed by atoms with E-state index in [2.05, 4.69) is 269 Å². The summed E-state index contributed by atoms with van der Waals surface area (Å²) in [6.45, 7) is 9.48. The number of hydrogen-bond donors (Lipinski definition) is 0. The van der Waals surface area contributed by atoms with Crippen LogP contribution in [0.25, 0.3) is 99.5 Å². The first kappa shape index (κ1) is 42.2. The highest BCUT2D eigenvalue weighted by molar-refractivity contribution is 6.08. The smallest absolute Gasteiger partial charge is 0.137 e. The van der Waals surface area contributed by atoms with Gasteiger partial charge in [0.05, 0.1) is 0 Å². The molecule has 2 aliphatic rings. The van der Waals surface area contributed by atoms with Crippen molar-refractivity contribution in [3.63, 3.8) is 0 Å². The molecule has 0 spiro atoms. The zero-order chi connectivity index (χ0) is 48.3. The molecule has 0 bridgehead atoms. The molecule has 14 rings (SSSR count). The topological polar surface area (TPSA) is 16.4 Å². The first-order chi connectivity index (χ1) is 35.2. The molecule has 0 saturated carbocycles. The third-order valence-electron chi connectivity index (χ3n) is 16.1. The molecule has 0 unspecified atom stereocenters. The SMILES string of the molecule is CC1(C)c2ccccc2-c2cc(N(c3ccc4c(c3)C(C)(C)c3cccc(-c5ccc6ccccc6c5)c3-4)c3ccc4c(c3)oc3ccc(-c5ccccc5-c5cccc(-c6ccccc6)c5)cc34)ccc21. The Morgan fingerprint density at radius 2 is 0.875 bits per heavy atom. The highest BCUT2D eigenvalue weighted by Crippen LogP contribution is 2.55. The number of rotatable bonds is 7. The number of fused-ring (bicyclic) bond motifs is 10. The number of furan rings is 1. The van der Waals surface area contributed by atoms with Crippen molar-refractivity contribution >= 4 is 49.8 Å². The summed E-state index contributed by atoms with van der Waals surface area (Å²) in [5.41, 5.74) is 24.9. The van der Waals surface area contributed by atoms with E-state index < -0.39 is 0 Å². The largest absolute Gasteiger partial charge is 0.456 e. The summed E-state index contributed by atoms with van der Waals surface area (Å²) in [4.78, 5) is 2.44. The van der Waals surface area contributed by atoms with E-state index in [1.807, 2.05) is 0 Å². The van der Waals surface area contributed by atoms with Gasteiger partial charge in [0, 0.05) is 44.7 Å². The zero-order valence-electron chi connectivity index (χ0n) is 40.9. The molecule has 11 aromatic carbocycles. The van der Waals surface area contributed by atoms with Crippen LogP contribution < -0.4 is 4.90 Å². The van der Waals surface area contributed by atoms with Crippen LogP contribution in [0.5, 0.6) is 0 Å². The van der Waals surface area contributed by atoms with Gasteiger partial charge in [0.1, 0.15) is 11.2 Å². The van der Waals surface area contributed by atoms with Crippen molar-refractivity contribution in [3.8, 4) is 66.8 Å². The summed E-state index contributed by atoms with van der Waals surface area (Å²) < 4.78 is 6.84. The molecular weight excluding hydrogens is 871 g/mol. The Bertz CT molecular complexity index is 4170. The molecule has 342 valence electrons. The van der Waals surface area contributed by atoms with Crippen molar-refractivity contribution in [2.75, 3.05) is 4.90 Å². The fourth-order valence-electron chi connectivity index (χ4n) is 12.4. The zero-order valence-corrected chi connectivity index (χ0v) is 40.9. The van der Waals surface area contributed by atoms with E-state index in [4.69, 9.17) is 4.42 Å². The fourth-order valence-corrected chi connectivity index (χ4v) is 12.4. The van der Waals surface area contributed by atoms with Gasteiger partial charge >= 0.3 is 0 Å². The van der Waals surface area contributed by atoms with Gasteiger partial charge in [-0.15, -0.1) is 0 Å². The van der Waals surface area contributed by atoms with Gasteiger partial charge in [-0.25, -0.2) is 0 Å². The van der Waals surface area contributed by atoms with E-state index in [1.165, 1.54) is 94.2 Å². The number of anilines is 3. The minimum Gasteiger partial charge on any atom is -0.456 e. The maximum absolute atomic E-state index is 6.84. The maximum atomic E-state index is 6.84. The maximum Gasteiger partial charge on any atom is 0.137 e. The van der Waals surface area contributed by atoms with E-state index in [0.717, 1.165) is 44.6 Å². The Labute approximate surface area is 421 Å². The normalized spacial score (nSPS) is 13.8. The molecule has 0 amide bonds. The molecule has 72 heavy (non-hydrogen) atoms. The van der Waals surface area contributed by atoms with E-state index >= 15 is 0 Å². The van der Waals surface area contributed by atoms with Gasteiger partial charge in [-0.05, 0) is 160 Å². The Morgan fingerprint density at radius 3 is 1.72 bits per heavy atom. The van der Waals surface area contributed by atoms with Crippen LogP contribution in [0.4, 0.5) is 17.1 Å². The van der Waals surface area contributed by atoms with Crippen molar-refractivity contribution < 1.29 is 4.42 Å². The molecule has 1 heterocycles. The molecule has 2 heteroatoms. The molecule has 0 radical (unpaired) electrons. The van der Waals surface area contributed by atoms with Crippen LogP contribution in [-0.4, -0.2) is 0 Å². The lowest BCUT2D eigenvalue weighted by molar-refractivity contribution is 0.660. The second-order valence-corrected chi connectivity index (χ2v) is 20.9. The first-order valence-electron chi connectivity index (χ1n) is 25.2. The fraction of sp³-hybridized carbons (Fsp3) is 0.0857. The van der Waals surface area contributed by atoms with Crippen molar-refractivity contribution in [1.82, 2.24) is 0 Å². The molecule has 0 fully saturated rings. The van der Waals surface area contributed by atoms with Crippen molar-refractivity contribution in [2.45, 2.75) is 38.5 Å². The van der Waals surface area contributed by atoms with Crippen molar-refractivity contribution in [1.29, 1.82) is 0 Å². The van der Waals surface area contributed by atoms with E-state index in [0.29, 0.717) is 0 Å². The van der Waals surface area contributed by atoms with Crippen LogP contribution in [0.15, 0.2) is 241 Å². The minimum atomic E-state index is -0.232. The summed E-state index contributed by atoms with van der Waals surface area (Å²) in [7, 11) is 0. The third kappa shape index (κ3) is 6.49. The second-order valence-electron chi connectivity index (χ2n) is 20.9. The van der Waals surface area contributed by atoms with Gasteiger partial charge in [-0.1, -0.05) is 198 Å². The van der Waals surface area contributed by atoms with E-state index in [-0.39, 0.29) is 10.8 Å². The molecule has 2 nitrogen and oxygen atoms in total. The average molecular weight is 922 g/mol. The van der Waals surface area contributed by atoms with Gasteiger partial charge < -0.3 is 9.32 Å². The molecule has 0 saturated heterocycles. The van der Waals surface area contributed by atoms with Crippen molar-refractivity contribution in [3.05, 3.63) is 259 Å². The minimum absolute atomic E-state index is 0.0971. The summed E-state index contributed by atoms with van der Waals surface area (Å²) in [6, 6.07) is 87.3. The molecular formula is C70H51NO. The Balaban J connectivity index is 0.902. The first-order valence-corrected chi connectivity index (χ1v) is 25.2. The average Bonchev–Trinajstić information content (AvgIpc) is 3.99. The summed E-state index contributed by atoms with van der Waals surface area (Å²) in [6.07, 6.45) is 0. The van der Waals surface area contributed by atoms with E-state index in [9.17, 15) is 0 Å². The van der Waals surface area contributed by atoms with Gasteiger partial charge in [0.25, 0.3) is 0 Å². The molecule has 0 atom stereocenters. The van der Waals surface area contributed by atoms with Gasteiger partial charge in [0.15, 0.2) is 0 Å². The van der Waals surface area contributed by atoms with Gasteiger partial charge in [0.2, 0.25) is 0 Å². The quantitative estimate of drug-likeness (QED) is 0.158. The van der Waals surface area contributed by atoms with Crippen LogP contribution in [-0.2, 0) is 10.8 Å².